The lowest BCUT2D eigenvalue weighted by Gasteiger charge is -2.01. The molecule has 0 aliphatic rings. The van der Waals surface area contributed by atoms with Crippen LogP contribution in [-0.4, -0.2) is 15.6 Å². The van der Waals surface area contributed by atoms with E-state index in [9.17, 15) is 9.18 Å². The van der Waals surface area contributed by atoms with Crippen LogP contribution in [0.2, 0.25) is 5.02 Å². The van der Waals surface area contributed by atoms with Crippen LogP contribution in [0.3, 0.4) is 0 Å². The third-order valence-electron chi connectivity index (χ3n) is 3.30. The topological polar surface area (TPSA) is 34.9 Å². The van der Waals surface area contributed by atoms with E-state index in [1.807, 2.05) is 0 Å². The van der Waals surface area contributed by atoms with Crippen LogP contribution >= 0.6 is 11.6 Å². The maximum absolute atomic E-state index is 13.9. The Kier molecular flexibility index (Phi) is 3.77. The molecule has 110 valence electrons. The third-order valence-corrected chi connectivity index (χ3v) is 3.55. The maximum Gasteiger partial charge on any atom is 0.180 e. The van der Waals surface area contributed by atoms with Crippen molar-refractivity contribution in [1.29, 1.82) is 0 Å². The number of carbonyl (C=O) groups is 1. The zero-order valence-corrected chi connectivity index (χ0v) is 12.5. The second-order valence-electron chi connectivity index (χ2n) is 4.85. The smallest absolute Gasteiger partial charge is 0.180 e. The highest BCUT2D eigenvalue weighted by atomic mass is 35.5. The summed E-state index contributed by atoms with van der Waals surface area (Å²) >= 11 is 5.89. The Balaban J connectivity index is 2.17. The van der Waals surface area contributed by atoms with Crippen molar-refractivity contribution in [3.05, 3.63) is 71.3 Å². The van der Waals surface area contributed by atoms with E-state index >= 15 is 0 Å². The summed E-state index contributed by atoms with van der Waals surface area (Å²) in [6.07, 6.45) is 1.65. The van der Waals surface area contributed by atoms with Gasteiger partial charge >= 0.3 is 0 Å². The van der Waals surface area contributed by atoms with Gasteiger partial charge in [0.2, 0.25) is 0 Å². The highest BCUT2D eigenvalue weighted by molar-refractivity contribution is 6.30. The molecule has 1 aromatic heterocycles. The van der Waals surface area contributed by atoms with Crippen LogP contribution in [-0.2, 0) is 0 Å². The minimum atomic E-state index is -0.400. The number of benzene rings is 2. The number of aromatic nitrogens is 2. The van der Waals surface area contributed by atoms with E-state index in [1.54, 1.807) is 48.7 Å². The van der Waals surface area contributed by atoms with Gasteiger partial charge in [-0.3, -0.25) is 4.79 Å². The van der Waals surface area contributed by atoms with Gasteiger partial charge in [-0.1, -0.05) is 35.9 Å². The molecule has 1 heterocycles. The summed E-state index contributed by atoms with van der Waals surface area (Å²) in [7, 11) is 0. The molecule has 0 saturated carbocycles. The van der Waals surface area contributed by atoms with E-state index in [0.717, 1.165) is 5.56 Å². The number of carbonyl (C=O) groups excluding carboxylic acids is 1. The first-order valence-electron chi connectivity index (χ1n) is 6.67. The molecule has 0 radical (unpaired) electrons. The van der Waals surface area contributed by atoms with Crippen molar-refractivity contribution in [2.75, 3.05) is 0 Å². The van der Waals surface area contributed by atoms with Crippen LogP contribution in [0.4, 0.5) is 4.39 Å². The Morgan fingerprint density at radius 2 is 1.82 bits per heavy atom. The second kappa shape index (κ2) is 5.73. The third kappa shape index (κ3) is 2.65. The van der Waals surface area contributed by atoms with Gasteiger partial charge in [0.1, 0.15) is 17.2 Å². The molecule has 0 bridgehead atoms. The Labute approximate surface area is 132 Å². The highest BCUT2D eigenvalue weighted by Crippen LogP contribution is 2.26. The summed E-state index contributed by atoms with van der Waals surface area (Å²) in [5, 5.41) is 4.84. The fourth-order valence-electron chi connectivity index (χ4n) is 2.24. The molecule has 3 aromatic rings. The first kappa shape index (κ1) is 14.5. The summed E-state index contributed by atoms with van der Waals surface area (Å²) in [6.45, 7) is 1.44. The first-order valence-corrected chi connectivity index (χ1v) is 7.05. The van der Waals surface area contributed by atoms with E-state index in [1.165, 1.54) is 17.7 Å². The van der Waals surface area contributed by atoms with Crippen LogP contribution in [0.15, 0.2) is 54.7 Å². The summed E-state index contributed by atoms with van der Waals surface area (Å²) in [5.41, 5.74) is 2.04. The van der Waals surface area contributed by atoms with Gasteiger partial charge in [-0.25, -0.2) is 9.07 Å². The summed E-state index contributed by atoms with van der Waals surface area (Å²) in [4.78, 5) is 11.8. The first-order chi connectivity index (χ1) is 10.6. The van der Waals surface area contributed by atoms with Crippen molar-refractivity contribution in [1.82, 2.24) is 9.78 Å². The van der Waals surface area contributed by atoms with E-state index in [2.05, 4.69) is 5.10 Å². The molecule has 3 rings (SSSR count). The largest absolute Gasteiger partial charge is 0.293 e. The molecule has 0 aliphatic carbocycles. The lowest BCUT2D eigenvalue weighted by atomic mass is 10.1. The second-order valence-corrected chi connectivity index (χ2v) is 5.29. The van der Waals surface area contributed by atoms with Gasteiger partial charge in [-0.05, 0) is 29.8 Å². The average Bonchev–Trinajstić information content (AvgIpc) is 2.93. The van der Waals surface area contributed by atoms with E-state index in [-0.39, 0.29) is 5.78 Å². The van der Waals surface area contributed by atoms with Crippen LogP contribution < -0.4 is 0 Å². The SMILES string of the molecule is CC(=O)c1nn(-c2ccccc2F)cc1-c1ccc(Cl)cc1. The van der Waals surface area contributed by atoms with Gasteiger partial charge in [0.15, 0.2) is 5.78 Å². The molecule has 0 fully saturated rings. The van der Waals surface area contributed by atoms with E-state index < -0.39 is 5.82 Å². The number of hydrogen-bond donors (Lipinski definition) is 0. The Bertz CT molecular complexity index is 840. The van der Waals surface area contributed by atoms with Crippen molar-refractivity contribution in [3.8, 4) is 16.8 Å². The van der Waals surface area contributed by atoms with Gasteiger partial charge in [0.25, 0.3) is 0 Å². The molecule has 22 heavy (non-hydrogen) atoms. The molecule has 0 spiro atoms. The van der Waals surface area contributed by atoms with Crippen LogP contribution in [0, 0.1) is 5.82 Å². The zero-order valence-electron chi connectivity index (χ0n) is 11.8. The molecule has 0 amide bonds. The number of para-hydroxylation sites is 1. The number of Topliss-reactive ketones (excluding diaryl/α,β-unsaturated/α-hetero) is 1. The highest BCUT2D eigenvalue weighted by Gasteiger charge is 2.16. The van der Waals surface area contributed by atoms with E-state index in [0.29, 0.717) is 22.0 Å². The lowest BCUT2D eigenvalue weighted by molar-refractivity contribution is 0.101. The molecule has 0 aliphatic heterocycles. The molecule has 0 N–H and O–H groups in total. The predicted molar refractivity (Wildman–Crippen MR) is 84.0 cm³/mol. The van der Waals surface area contributed by atoms with Crippen molar-refractivity contribution in [2.45, 2.75) is 6.92 Å². The standard InChI is InChI=1S/C17H12ClFN2O/c1-11(22)17-14(12-6-8-13(18)9-7-12)10-21(20-17)16-5-3-2-4-15(16)19/h2-10H,1H3. The summed E-state index contributed by atoms with van der Waals surface area (Å²) in [6, 6.07) is 13.4. The molecule has 0 unspecified atom stereocenters. The normalized spacial score (nSPS) is 10.7. The van der Waals surface area contributed by atoms with Crippen molar-refractivity contribution in [3.63, 3.8) is 0 Å². The molecule has 0 atom stereocenters. The minimum Gasteiger partial charge on any atom is -0.293 e. The zero-order chi connectivity index (χ0) is 15.7. The maximum atomic E-state index is 13.9. The van der Waals surface area contributed by atoms with Crippen LogP contribution in [0.1, 0.15) is 17.4 Å². The minimum absolute atomic E-state index is 0.181. The molecule has 2 aromatic carbocycles. The molecule has 3 nitrogen and oxygen atoms in total. The number of nitrogens with zero attached hydrogens (tertiary/aromatic N) is 2. The number of hydrogen-bond acceptors (Lipinski definition) is 2. The Morgan fingerprint density at radius 1 is 1.14 bits per heavy atom. The summed E-state index contributed by atoms with van der Waals surface area (Å²) < 4.78 is 15.3. The quantitative estimate of drug-likeness (QED) is 0.665. The van der Waals surface area contributed by atoms with E-state index in [4.69, 9.17) is 11.6 Å². The van der Waals surface area contributed by atoms with Crippen molar-refractivity contribution < 1.29 is 9.18 Å². The van der Waals surface area contributed by atoms with Gasteiger partial charge in [-0.15, -0.1) is 0 Å². The molecular formula is C17H12ClFN2O. The van der Waals surface area contributed by atoms with Gasteiger partial charge in [0.05, 0.1) is 0 Å². The van der Waals surface area contributed by atoms with Gasteiger partial charge in [-0.2, -0.15) is 5.10 Å². The predicted octanol–water partition coefficient (Wildman–Crippen LogP) is 4.53. The molecule has 0 saturated heterocycles. The Morgan fingerprint density at radius 3 is 2.45 bits per heavy atom. The number of rotatable bonds is 3. The monoisotopic (exact) mass is 314 g/mol. The number of ketones is 1. The van der Waals surface area contributed by atoms with Gasteiger partial charge in [0, 0.05) is 23.7 Å². The van der Waals surface area contributed by atoms with Gasteiger partial charge < -0.3 is 0 Å². The summed E-state index contributed by atoms with van der Waals surface area (Å²) in [5.74, 6) is -0.581. The van der Waals surface area contributed by atoms with Crippen LogP contribution in [0.25, 0.3) is 16.8 Å². The lowest BCUT2D eigenvalue weighted by Crippen LogP contribution is -2.01. The fraction of sp³-hybridized carbons (Fsp3) is 0.0588. The number of halogens is 2. The fourth-order valence-corrected chi connectivity index (χ4v) is 2.36. The van der Waals surface area contributed by atoms with Crippen molar-refractivity contribution in [2.24, 2.45) is 0 Å². The molecule has 5 heteroatoms. The Hall–Kier alpha value is -2.46. The van der Waals surface area contributed by atoms with Crippen molar-refractivity contribution >= 4 is 17.4 Å². The molecular weight excluding hydrogens is 303 g/mol. The van der Waals surface area contributed by atoms with Crippen LogP contribution in [0.5, 0.6) is 0 Å². The average molecular weight is 315 g/mol.